The van der Waals surface area contributed by atoms with Gasteiger partial charge in [0, 0.05) is 31.6 Å². The number of nitrogens with zero attached hydrogens (tertiary/aromatic N) is 2. The quantitative estimate of drug-likeness (QED) is 0.897. The smallest absolute Gasteiger partial charge is 0.332 e. The highest BCUT2D eigenvalue weighted by Gasteiger charge is 2.32. The van der Waals surface area contributed by atoms with Crippen molar-refractivity contribution in [2.24, 2.45) is 25.9 Å². The number of benzene rings is 1. The van der Waals surface area contributed by atoms with Gasteiger partial charge in [0.1, 0.15) is 5.82 Å². The molecule has 2 aliphatic rings. The van der Waals surface area contributed by atoms with E-state index in [1.807, 2.05) is 54.6 Å². The first kappa shape index (κ1) is 18.0. The molecule has 2 aliphatic carbocycles. The average molecular weight is 373 g/mol. The molecule has 4 rings (SSSR count). The second kappa shape index (κ2) is 7.35. The Hall–Kier alpha value is -3.34. The number of fused-ring (bicyclic) bond motifs is 1. The van der Waals surface area contributed by atoms with Gasteiger partial charge in [0.05, 0.1) is 5.56 Å². The molecule has 1 N–H and O–H groups in total. The Labute approximate surface area is 163 Å². The van der Waals surface area contributed by atoms with Crippen molar-refractivity contribution in [2.75, 3.05) is 5.32 Å². The maximum atomic E-state index is 13.3. The second-order valence-corrected chi connectivity index (χ2v) is 7.18. The van der Waals surface area contributed by atoms with E-state index in [1.165, 1.54) is 16.2 Å². The lowest BCUT2D eigenvalue weighted by Gasteiger charge is -2.29. The Morgan fingerprint density at radius 3 is 2.18 bits per heavy atom. The third-order valence-electron chi connectivity index (χ3n) is 5.47. The first-order valence-electron chi connectivity index (χ1n) is 9.40. The molecule has 0 aliphatic heterocycles. The molecule has 1 aromatic heterocycles. The third-order valence-corrected chi connectivity index (χ3v) is 5.47. The summed E-state index contributed by atoms with van der Waals surface area (Å²) in [5, 5.41) is 3.32. The van der Waals surface area contributed by atoms with Gasteiger partial charge >= 0.3 is 5.69 Å². The fourth-order valence-corrected chi connectivity index (χ4v) is 3.97. The summed E-state index contributed by atoms with van der Waals surface area (Å²) in [6.07, 6.45) is 16.6. The van der Waals surface area contributed by atoms with Crippen LogP contribution < -0.4 is 16.6 Å². The molecule has 0 saturated carbocycles. The zero-order valence-corrected chi connectivity index (χ0v) is 15.9. The van der Waals surface area contributed by atoms with Gasteiger partial charge in [-0.1, -0.05) is 66.8 Å². The number of allylic oxidation sites excluding steroid dienone is 8. The minimum absolute atomic E-state index is 0.113. The van der Waals surface area contributed by atoms with Gasteiger partial charge in [-0.15, -0.1) is 0 Å². The van der Waals surface area contributed by atoms with Gasteiger partial charge < -0.3 is 5.32 Å². The molecular weight excluding hydrogens is 350 g/mol. The highest BCUT2D eigenvalue weighted by molar-refractivity contribution is 5.61. The van der Waals surface area contributed by atoms with Crippen molar-refractivity contribution in [2.45, 2.75) is 5.92 Å². The topological polar surface area (TPSA) is 56.0 Å². The first-order chi connectivity index (χ1) is 13.6. The molecule has 0 spiro atoms. The van der Waals surface area contributed by atoms with Crippen LogP contribution in [0.5, 0.6) is 0 Å². The van der Waals surface area contributed by atoms with Crippen molar-refractivity contribution in [1.82, 2.24) is 9.13 Å². The van der Waals surface area contributed by atoms with Gasteiger partial charge in [0.15, 0.2) is 0 Å². The lowest BCUT2D eigenvalue weighted by atomic mass is 9.76. The van der Waals surface area contributed by atoms with E-state index >= 15 is 0 Å². The molecule has 5 heteroatoms. The van der Waals surface area contributed by atoms with Crippen molar-refractivity contribution in [3.63, 3.8) is 0 Å². The molecule has 142 valence electrons. The van der Waals surface area contributed by atoms with Crippen LogP contribution in [0.25, 0.3) is 0 Å². The van der Waals surface area contributed by atoms with E-state index in [0.29, 0.717) is 11.4 Å². The van der Waals surface area contributed by atoms with Crippen LogP contribution >= 0.6 is 0 Å². The molecule has 3 unspecified atom stereocenters. The predicted octanol–water partition coefficient (Wildman–Crippen LogP) is 3.40. The van der Waals surface area contributed by atoms with E-state index < -0.39 is 0 Å². The summed E-state index contributed by atoms with van der Waals surface area (Å²) in [5.74, 6) is 0.702. The van der Waals surface area contributed by atoms with Gasteiger partial charge in [0.25, 0.3) is 5.56 Å². The predicted molar refractivity (Wildman–Crippen MR) is 113 cm³/mol. The maximum absolute atomic E-state index is 13.3. The Bertz CT molecular complexity index is 1120. The number of para-hydroxylation sites is 1. The Balaban J connectivity index is 1.93. The molecular formula is C23H23N3O2. The average Bonchev–Trinajstić information content (AvgIpc) is 2.94. The van der Waals surface area contributed by atoms with E-state index in [4.69, 9.17) is 0 Å². The van der Waals surface area contributed by atoms with Crippen molar-refractivity contribution in [3.8, 4) is 0 Å². The molecule has 5 nitrogen and oxygen atoms in total. The fourth-order valence-electron chi connectivity index (χ4n) is 3.97. The lowest BCUT2D eigenvalue weighted by molar-refractivity contribution is 0.493. The number of nitrogens with one attached hydrogen (secondary N) is 1. The maximum Gasteiger partial charge on any atom is 0.332 e. The molecule has 0 radical (unpaired) electrons. The van der Waals surface area contributed by atoms with Crippen molar-refractivity contribution in [1.29, 1.82) is 0 Å². The number of anilines is 2. The van der Waals surface area contributed by atoms with Crippen molar-refractivity contribution in [3.05, 3.63) is 105 Å². The SMILES string of the molecule is Cn1c(Nc2ccccc2)c(C2C=CC=CC3C=CC=CC32)c(=O)n(C)c1=O. The minimum atomic E-state index is -0.349. The first-order valence-corrected chi connectivity index (χ1v) is 9.40. The molecule has 1 heterocycles. The molecule has 3 atom stereocenters. The van der Waals surface area contributed by atoms with Crippen LogP contribution in [-0.4, -0.2) is 9.13 Å². The molecule has 0 saturated heterocycles. The van der Waals surface area contributed by atoms with Gasteiger partial charge in [-0.2, -0.15) is 0 Å². The summed E-state index contributed by atoms with van der Waals surface area (Å²) in [7, 11) is 3.23. The van der Waals surface area contributed by atoms with Crippen LogP contribution in [0.1, 0.15) is 11.5 Å². The van der Waals surface area contributed by atoms with E-state index in [9.17, 15) is 9.59 Å². The summed E-state index contributed by atoms with van der Waals surface area (Å²) in [4.78, 5) is 25.9. The van der Waals surface area contributed by atoms with Gasteiger partial charge in [-0.25, -0.2) is 4.79 Å². The number of hydrogen-bond acceptors (Lipinski definition) is 3. The second-order valence-electron chi connectivity index (χ2n) is 7.18. The Kier molecular flexibility index (Phi) is 4.74. The molecule has 0 fully saturated rings. The van der Waals surface area contributed by atoms with Gasteiger partial charge in [0.2, 0.25) is 0 Å². The molecule has 2 aromatic rings. The van der Waals surface area contributed by atoms with E-state index in [1.54, 1.807) is 7.05 Å². The normalized spacial score (nSPS) is 22.7. The van der Waals surface area contributed by atoms with Crippen LogP contribution in [0, 0.1) is 11.8 Å². The van der Waals surface area contributed by atoms with Crippen LogP contribution in [0.3, 0.4) is 0 Å². The lowest BCUT2D eigenvalue weighted by Crippen LogP contribution is -2.41. The number of hydrogen-bond donors (Lipinski definition) is 1. The number of aromatic nitrogens is 2. The summed E-state index contributed by atoms with van der Waals surface area (Å²) in [5.41, 5.74) is 0.819. The zero-order valence-electron chi connectivity index (χ0n) is 15.9. The van der Waals surface area contributed by atoms with Crippen LogP contribution in [0.2, 0.25) is 0 Å². The Morgan fingerprint density at radius 1 is 0.821 bits per heavy atom. The van der Waals surface area contributed by atoms with Crippen molar-refractivity contribution < 1.29 is 0 Å². The van der Waals surface area contributed by atoms with Crippen molar-refractivity contribution >= 4 is 11.5 Å². The Morgan fingerprint density at radius 2 is 1.46 bits per heavy atom. The standard InChI is InChI=1S/C23H23N3O2/c1-25-21(24-17-12-4-3-5-13-17)20(22(27)26(2)23(25)28)19-15-9-7-11-16-10-6-8-14-18(16)19/h3-16,18-19,24H,1-2H3. The minimum Gasteiger partial charge on any atom is -0.341 e. The monoisotopic (exact) mass is 373 g/mol. The largest absolute Gasteiger partial charge is 0.341 e. The summed E-state index contributed by atoms with van der Waals surface area (Å²) in [6.45, 7) is 0. The van der Waals surface area contributed by atoms with Crippen LogP contribution in [-0.2, 0) is 14.1 Å². The highest BCUT2D eigenvalue weighted by Crippen LogP contribution is 2.39. The molecule has 0 bridgehead atoms. The summed E-state index contributed by atoms with van der Waals surface area (Å²) >= 11 is 0. The fraction of sp³-hybridized carbons (Fsp3) is 0.217. The van der Waals surface area contributed by atoms with E-state index in [-0.39, 0.29) is 29.0 Å². The van der Waals surface area contributed by atoms with E-state index in [2.05, 4.69) is 29.6 Å². The van der Waals surface area contributed by atoms with Crippen LogP contribution in [0.4, 0.5) is 11.5 Å². The zero-order chi connectivity index (χ0) is 19.7. The van der Waals surface area contributed by atoms with Gasteiger partial charge in [-0.05, 0) is 18.1 Å². The molecule has 0 amide bonds. The van der Waals surface area contributed by atoms with Gasteiger partial charge in [-0.3, -0.25) is 13.9 Å². The highest BCUT2D eigenvalue weighted by atomic mass is 16.2. The van der Waals surface area contributed by atoms with E-state index in [0.717, 1.165) is 5.69 Å². The van der Waals surface area contributed by atoms with Crippen LogP contribution in [0.15, 0.2) is 88.5 Å². The summed E-state index contributed by atoms with van der Waals surface area (Å²) in [6, 6.07) is 9.60. The third kappa shape index (κ3) is 3.09. The molecule has 28 heavy (non-hydrogen) atoms. The molecule has 1 aromatic carbocycles. The summed E-state index contributed by atoms with van der Waals surface area (Å²) < 4.78 is 2.71. The number of rotatable bonds is 3.